The molecule has 2 amide bonds. The second-order valence-corrected chi connectivity index (χ2v) is 6.92. The maximum Gasteiger partial charge on any atom is 0.254 e. The van der Waals surface area contributed by atoms with Gasteiger partial charge in [0.15, 0.2) is 0 Å². The molecular formula is C19H27N3O2. The first kappa shape index (κ1) is 17.0. The van der Waals surface area contributed by atoms with Crippen molar-refractivity contribution in [2.45, 2.75) is 39.0 Å². The largest absolute Gasteiger partial charge is 0.339 e. The van der Waals surface area contributed by atoms with Crippen LogP contribution in [0.5, 0.6) is 0 Å². The molecule has 2 heterocycles. The van der Waals surface area contributed by atoms with Crippen LogP contribution in [0, 0.1) is 12.8 Å². The third-order valence-corrected chi connectivity index (χ3v) is 5.17. The molecule has 0 aliphatic carbocycles. The second kappa shape index (κ2) is 7.79. The van der Waals surface area contributed by atoms with Crippen molar-refractivity contribution in [3.05, 3.63) is 29.3 Å². The summed E-state index contributed by atoms with van der Waals surface area (Å²) < 4.78 is 0. The van der Waals surface area contributed by atoms with Crippen molar-refractivity contribution in [1.82, 2.24) is 10.2 Å². The quantitative estimate of drug-likeness (QED) is 0.873. The van der Waals surface area contributed by atoms with Gasteiger partial charge < -0.3 is 15.5 Å². The van der Waals surface area contributed by atoms with Crippen LogP contribution in [0.15, 0.2) is 18.2 Å². The number of hydrogen-bond donors (Lipinski definition) is 2. The molecule has 1 unspecified atom stereocenters. The molecule has 2 saturated heterocycles. The van der Waals surface area contributed by atoms with E-state index in [0.717, 1.165) is 63.1 Å². The third kappa shape index (κ3) is 3.96. The number of benzene rings is 1. The van der Waals surface area contributed by atoms with E-state index < -0.39 is 0 Å². The SMILES string of the molecule is Cc1c(NC(=O)CCC2CCNC2)cccc1C(=O)N1CCCC1. The zero-order chi connectivity index (χ0) is 16.9. The van der Waals surface area contributed by atoms with Crippen molar-refractivity contribution in [2.24, 2.45) is 5.92 Å². The minimum Gasteiger partial charge on any atom is -0.339 e. The lowest BCUT2D eigenvalue weighted by atomic mass is 10.0. The Morgan fingerprint density at radius 2 is 2.08 bits per heavy atom. The predicted molar refractivity (Wildman–Crippen MR) is 95.2 cm³/mol. The number of nitrogens with zero attached hydrogens (tertiary/aromatic N) is 1. The predicted octanol–water partition coefficient (Wildman–Crippen LogP) is 2.56. The number of amides is 2. The molecule has 2 N–H and O–H groups in total. The fourth-order valence-electron chi connectivity index (χ4n) is 3.60. The molecule has 5 heteroatoms. The third-order valence-electron chi connectivity index (χ3n) is 5.17. The summed E-state index contributed by atoms with van der Waals surface area (Å²) in [5.74, 6) is 0.730. The van der Waals surface area contributed by atoms with Crippen LogP contribution in [0.4, 0.5) is 5.69 Å². The highest BCUT2D eigenvalue weighted by molar-refractivity contribution is 5.99. The van der Waals surface area contributed by atoms with Gasteiger partial charge in [-0.25, -0.2) is 0 Å². The summed E-state index contributed by atoms with van der Waals surface area (Å²) in [7, 11) is 0. The number of hydrogen-bond acceptors (Lipinski definition) is 3. The molecule has 0 aromatic heterocycles. The number of likely N-dealkylation sites (tertiary alicyclic amines) is 1. The van der Waals surface area contributed by atoms with Gasteiger partial charge in [-0.1, -0.05) is 6.07 Å². The van der Waals surface area contributed by atoms with Crippen molar-refractivity contribution in [1.29, 1.82) is 0 Å². The van der Waals surface area contributed by atoms with Gasteiger partial charge in [0.05, 0.1) is 0 Å². The normalized spacial score (nSPS) is 20.4. The van der Waals surface area contributed by atoms with E-state index in [-0.39, 0.29) is 11.8 Å². The molecule has 0 bridgehead atoms. The van der Waals surface area contributed by atoms with Gasteiger partial charge in [-0.2, -0.15) is 0 Å². The van der Waals surface area contributed by atoms with E-state index in [2.05, 4.69) is 10.6 Å². The molecule has 1 aromatic carbocycles. The zero-order valence-corrected chi connectivity index (χ0v) is 14.4. The zero-order valence-electron chi connectivity index (χ0n) is 14.4. The van der Waals surface area contributed by atoms with Crippen LogP contribution in [0.25, 0.3) is 0 Å². The van der Waals surface area contributed by atoms with Crippen LogP contribution in [0.3, 0.4) is 0 Å². The van der Waals surface area contributed by atoms with Crippen molar-refractivity contribution >= 4 is 17.5 Å². The van der Waals surface area contributed by atoms with Crippen molar-refractivity contribution in [2.75, 3.05) is 31.5 Å². The van der Waals surface area contributed by atoms with E-state index >= 15 is 0 Å². The molecule has 2 fully saturated rings. The van der Waals surface area contributed by atoms with Gasteiger partial charge in [-0.15, -0.1) is 0 Å². The smallest absolute Gasteiger partial charge is 0.254 e. The molecule has 2 aliphatic rings. The Kier molecular flexibility index (Phi) is 5.51. The summed E-state index contributed by atoms with van der Waals surface area (Å²) >= 11 is 0. The average Bonchev–Trinajstić information content (AvgIpc) is 3.28. The van der Waals surface area contributed by atoms with E-state index in [9.17, 15) is 9.59 Å². The van der Waals surface area contributed by atoms with Crippen molar-refractivity contribution < 1.29 is 9.59 Å². The van der Waals surface area contributed by atoms with Crippen LogP contribution in [0.2, 0.25) is 0 Å². The summed E-state index contributed by atoms with van der Waals surface area (Å²) in [5, 5.41) is 6.32. The molecule has 130 valence electrons. The van der Waals surface area contributed by atoms with E-state index in [1.165, 1.54) is 0 Å². The molecule has 1 atom stereocenters. The number of nitrogens with one attached hydrogen (secondary N) is 2. The summed E-state index contributed by atoms with van der Waals surface area (Å²) in [5.41, 5.74) is 2.33. The molecular weight excluding hydrogens is 302 g/mol. The minimum absolute atomic E-state index is 0.0378. The van der Waals surface area contributed by atoms with Gasteiger partial charge in [-0.3, -0.25) is 9.59 Å². The average molecular weight is 329 g/mol. The molecule has 3 rings (SSSR count). The van der Waals surface area contributed by atoms with Gasteiger partial charge in [0.25, 0.3) is 5.91 Å². The van der Waals surface area contributed by atoms with Gasteiger partial charge in [0, 0.05) is 30.8 Å². The summed E-state index contributed by atoms with van der Waals surface area (Å²) in [6.45, 7) is 5.67. The first-order valence-electron chi connectivity index (χ1n) is 9.04. The fraction of sp³-hybridized carbons (Fsp3) is 0.579. The molecule has 0 spiro atoms. The Hall–Kier alpha value is -1.88. The van der Waals surface area contributed by atoms with Crippen molar-refractivity contribution in [3.63, 3.8) is 0 Å². The first-order chi connectivity index (χ1) is 11.6. The number of anilines is 1. The Morgan fingerprint density at radius 1 is 1.29 bits per heavy atom. The number of carbonyl (C=O) groups excluding carboxylic acids is 2. The summed E-state index contributed by atoms with van der Waals surface area (Å²) in [6.07, 6.45) is 4.78. The Labute approximate surface area is 143 Å². The highest BCUT2D eigenvalue weighted by atomic mass is 16.2. The highest BCUT2D eigenvalue weighted by Crippen LogP contribution is 2.23. The number of rotatable bonds is 5. The minimum atomic E-state index is 0.0378. The molecule has 5 nitrogen and oxygen atoms in total. The maximum absolute atomic E-state index is 12.6. The summed E-state index contributed by atoms with van der Waals surface area (Å²) in [4.78, 5) is 26.7. The Bertz CT molecular complexity index is 603. The van der Waals surface area contributed by atoms with E-state index in [1.54, 1.807) is 0 Å². The lowest BCUT2D eigenvalue weighted by Gasteiger charge is -2.18. The lowest BCUT2D eigenvalue weighted by Crippen LogP contribution is -2.28. The number of carbonyl (C=O) groups is 2. The Balaban J connectivity index is 1.61. The van der Waals surface area contributed by atoms with E-state index in [4.69, 9.17) is 0 Å². The Morgan fingerprint density at radius 3 is 2.79 bits per heavy atom. The van der Waals surface area contributed by atoms with Gasteiger partial charge in [0.1, 0.15) is 0 Å². The van der Waals surface area contributed by atoms with Crippen LogP contribution in [-0.4, -0.2) is 42.9 Å². The summed E-state index contributed by atoms with van der Waals surface area (Å²) in [6, 6.07) is 5.59. The van der Waals surface area contributed by atoms with Gasteiger partial charge in [-0.05, 0) is 69.3 Å². The van der Waals surface area contributed by atoms with Crippen LogP contribution in [0.1, 0.15) is 48.0 Å². The second-order valence-electron chi connectivity index (χ2n) is 6.92. The lowest BCUT2D eigenvalue weighted by molar-refractivity contribution is -0.116. The monoisotopic (exact) mass is 329 g/mol. The topological polar surface area (TPSA) is 61.4 Å². The molecule has 0 saturated carbocycles. The molecule has 0 radical (unpaired) electrons. The van der Waals surface area contributed by atoms with Gasteiger partial charge >= 0.3 is 0 Å². The molecule has 1 aromatic rings. The van der Waals surface area contributed by atoms with Gasteiger partial charge in [0.2, 0.25) is 5.91 Å². The van der Waals surface area contributed by atoms with E-state index in [1.807, 2.05) is 30.0 Å². The highest BCUT2D eigenvalue weighted by Gasteiger charge is 2.22. The molecule has 24 heavy (non-hydrogen) atoms. The standard InChI is InChI=1S/C19H27N3O2/c1-14-16(19(24)22-11-2-3-12-22)5-4-6-17(14)21-18(23)8-7-15-9-10-20-13-15/h4-6,15,20H,2-3,7-13H2,1H3,(H,21,23). The van der Waals surface area contributed by atoms with Crippen LogP contribution < -0.4 is 10.6 Å². The van der Waals surface area contributed by atoms with Crippen molar-refractivity contribution in [3.8, 4) is 0 Å². The molecule has 2 aliphatic heterocycles. The maximum atomic E-state index is 12.6. The van der Waals surface area contributed by atoms with Crippen LogP contribution in [-0.2, 0) is 4.79 Å². The fourth-order valence-corrected chi connectivity index (χ4v) is 3.60. The van der Waals surface area contributed by atoms with Crippen LogP contribution >= 0.6 is 0 Å². The van der Waals surface area contributed by atoms with E-state index in [0.29, 0.717) is 17.9 Å². The first-order valence-corrected chi connectivity index (χ1v) is 9.04.